The van der Waals surface area contributed by atoms with Crippen molar-refractivity contribution >= 4 is 17.3 Å². The molecule has 0 spiro atoms. The molecule has 1 aromatic rings. The van der Waals surface area contributed by atoms with Gasteiger partial charge in [-0.1, -0.05) is 6.92 Å². The molecule has 0 bridgehead atoms. The van der Waals surface area contributed by atoms with Gasteiger partial charge in [-0.25, -0.2) is 0 Å². The Hall–Kier alpha value is -1.75. The number of nitrogens with two attached hydrogens (primary N) is 1. The fraction of sp³-hybridized carbons (Fsp3) is 0.500. The predicted octanol–water partition coefficient (Wildman–Crippen LogP) is 1.95. The number of nitrogens with zero attached hydrogens (tertiary/aromatic N) is 1. The lowest BCUT2D eigenvalue weighted by atomic mass is 10.2. The van der Waals surface area contributed by atoms with Crippen molar-refractivity contribution in [2.24, 2.45) is 0 Å². The van der Waals surface area contributed by atoms with Crippen LogP contribution >= 0.6 is 0 Å². The average Bonchev–Trinajstić information content (AvgIpc) is 2.39. The van der Waals surface area contributed by atoms with Crippen LogP contribution in [-0.2, 0) is 4.79 Å². The fourth-order valence-corrected chi connectivity index (χ4v) is 1.69. The van der Waals surface area contributed by atoms with Gasteiger partial charge in [0.1, 0.15) is 5.75 Å². The topological polar surface area (TPSA) is 67.6 Å². The lowest BCUT2D eigenvalue weighted by molar-refractivity contribution is -0.117. The van der Waals surface area contributed by atoms with Crippen molar-refractivity contribution in [3.63, 3.8) is 0 Å². The highest BCUT2D eigenvalue weighted by molar-refractivity contribution is 5.94. The van der Waals surface area contributed by atoms with Gasteiger partial charge < -0.3 is 15.8 Å². The molecule has 0 aliphatic heterocycles. The molecule has 1 unspecified atom stereocenters. The van der Waals surface area contributed by atoms with Gasteiger partial charge in [0.2, 0.25) is 5.91 Å². The summed E-state index contributed by atoms with van der Waals surface area (Å²) in [6, 6.07) is 5.54. The van der Waals surface area contributed by atoms with Crippen LogP contribution in [0.4, 0.5) is 11.4 Å². The van der Waals surface area contributed by atoms with Gasteiger partial charge in [-0.3, -0.25) is 9.69 Å². The Balaban J connectivity index is 2.67. The second kappa shape index (κ2) is 6.99. The minimum atomic E-state index is -0.0640. The van der Waals surface area contributed by atoms with E-state index < -0.39 is 0 Å². The van der Waals surface area contributed by atoms with Crippen molar-refractivity contribution in [1.82, 2.24) is 4.90 Å². The van der Waals surface area contributed by atoms with Crippen LogP contribution in [-0.4, -0.2) is 37.6 Å². The monoisotopic (exact) mass is 265 g/mol. The zero-order valence-electron chi connectivity index (χ0n) is 12.1. The first-order valence-electron chi connectivity index (χ1n) is 6.41. The standard InChI is InChI=1S/C14H23N3O2/c1-5-10(2)17(3)9-14(18)16-12-7-6-11(15)8-13(12)19-4/h6-8,10H,5,9,15H2,1-4H3,(H,16,18). The van der Waals surface area contributed by atoms with Gasteiger partial charge in [0.25, 0.3) is 0 Å². The van der Waals surface area contributed by atoms with Gasteiger partial charge in [0.05, 0.1) is 19.3 Å². The first-order chi connectivity index (χ1) is 8.97. The highest BCUT2D eigenvalue weighted by Gasteiger charge is 2.13. The first-order valence-corrected chi connectivity index (χ1v) is 6.41. The summed E-state index contributed by atoms with van der Waals surface area (Å²) >= 11 is 0. The lowest BCUT2D eigenvalue weighted by Gasteiger charge is -2.22. The number of likely N-dealkylation sites (N-methyl/N-ethyl adjacent to an activating group) is 1. The van der Waals surface area contributed by atoms with Crippen LogP contribution in [0.15, 0.2) is 18.2 Å². The third-order valence-corrected chi connectivity index (χ3v) is 3.24. The van der Waals surface area contributed by atoms with E-state index in [-0.39, 0.29) is 5.91 Å². The maximum atomic E-state index is 12.0. The molecule has 5 nitrogen and oxygen atoms in total. The molecule has 1 rings (SSSR count). The summed E-state index contributed by atoms with van der Waals surface area (Å²) in [6.07, 6.45) is 1.01. The summed E-state index contributed by atoms with van der Waals surface area (Å²) in [5.41, 5.74) is 6.91. The Kier molecular flexibility index (Phi) is 5.63. The summed E-state index contributed by atoms with van der Waals surface area (Å²) in [6.45, 7) is 4.54. The highest BCUT2D eigenvalue weighted by Crippen LogP contribution is 2.26. The number of hydrogen-bond donors (Lipinski definition) is 2. The summed E-state index contributed by atoms with van der Waals surface area (Å²) in [7, 11) is 3.49. The van der Waals surface area contributed by atoms with E-state index >= 15 is 0 Å². The number of methoxy groups -OCH3 is 1. The van der Waals surface area contributed by atoms with Gasteiger partial charge >= 0.3 is 0 Å². The van der Waals surface area contributed by atoms with E-state index in [9.17, 15) is 4.79 Å². The molecule has 1 aromatic carbocycles. The van der Waals surface area contributed by atoms with Crippen LogP contribution in [0.25, 0.3) is 0 Å². The fourth-order valence-electron chi connectivity index (χ4n) is 1.69. The Morgan fingerprint density at radius 1 is 1.53 bits per heavy atom. The Labute approximate surface area is 114 Å². The average molecular weight is 265 g/mol. The minimum Gasteiger partial charge on any atom is -0.494 e. The molecule has 0 fully saturated rings. The Morgan fingerprint density at radius 3 is 2.79 bits per heavy atom. The van der Waals surface area contributed by atoms with E-state index in [1.54, 1.807) is 25.3 Å². The molecular weight excluding hydrogens is 242 g/mol. The van der Waals surface area contributed by atoms with Crippen LogP contribution in [0.3, 0.4) is 0 Å². The van der Waals surface area contributed by atoms with Crippen LogP contribution in [0.2, 0.25) is 0 Å². The Morgan fingerprint density at radius 2 is 2.21 bits per heavy atom. The van der Waals surface area contributed by atoms with Gasteiger partial charge in [-0.05, 0) is 32.5 Å². The number of anilines is 2. The molecule has 0 saturated carbocycles. The van der Waals surface area contributed by atoms with Crippen LogP contribution in [0, 0.1) is 0 Å². The number of nitrogen functional groups attached to an aromatic ring is 1. The number of benzene rings is 1. The minimum absolute atomic E-state index is 0.0640. The van der Waals surface area contributed by atoms with Crippen molar-refractivity contribution in [1.29, 1.82) is 0 Å². The number of hydrogen-bond acceptors (Lipinski definition) is 4. The van der Waals surface area contributed by atoms with Crippen molar-refractivity contribution in [2.75, 3.05) is 31.8 Å². The Bertz CT molecular complexity index is 435. The quantitative estimate of drug-likeness (QED) is 0.771. The third kappa shape index (κ3) is 4.44. The molecular formula is C14H23N3O2. The number of rotatable bonds is 6. The predicted molar refractivity (Wildman–Crippen MR) is 78.4 cm³/mol. The molecule has 106 valence electrons. The molecule has 0 aliphatic carbocycles. The van der Waals surface area contributed by atoms with E-state index in [1.165, 1.54) is 0 Å². The van der Waals surface area contributed by atoms with Gasteiger partial charge in [0.15, 0.2) is 0 Å². The second-order valence-electron chi connectivity index (χ2n) is 4.68. The lowest BCUT2D eigenvalue weighted by Crippen LogP contribution is -2.36. The number of carbonyl (C=O) groups excluding carboxylic acids is 1. The molecule has 1 amide bonds. The van der Waals surface area contributed by atoms with E-state index in [0.29, 0.717) is 29.7 Å². The zero-order valence-corrected chi connectivity index (χ0v) is 12.1. The highest BCUT2D eigenvalue weighted by atomic mass is 16.5. The SMILES string of the molecule is CCC(C)N(C)CC(=O)Nc1ccc(N)cc1OC. The van der Waals surface area contributed by atoms with Crippen molar-refractivity contribution in [3.05, 3.63) is 18.2 Å². The largest absolute Gasteiger partial charge is 0.494 e. The molecule has 0 saturated heterocycles. The van der Waals surface area contributed by atoms with E-state index in [4.69, 9.17) is 10.5 Å². The van der Waals surface area contributed by atoms with E-state index in [0.717, 1.165) is 6.42 Å². The summed E-state index contributed by atoms with van der Waals surface area (Å²) < 4.78 is 5.19. The molecule has 1 atom stereocenters. The normalized spacial score (nSPS) is 12.3. The smallest absolute Gasteiger partial charge is 0.238 e. The zero-order chi connectivity index (χ0) is 14.4. The molecule has 0 radical (unpaired) electrons. The number of carbonyl (C=O) groups is 1. The van der Waals surface area contributed by atoms with Crippen molar-refractivity contribution < 1.29 is 9.53 Å². The van der Waals surface area contributed by atoms with Crippen molar-refractivity contribution in [2.45, 2.75) is 26.3 Å². The molecule has 5 heteroatoms. The van der Waals surface area contributed by atoms with Crippen LogP contribution in [0.5, 0.6) is 5.75 Å². The number of ether oxygens (including phenoxy) is 1. The first kappa shape index (κ1) is 15.3. The third-order valence-electron chi connectivity index (χ3n) is 3.24. The van der Waals surface area contributed by atoms with Crippen LogP contribution < -0.4 is 15.8 Å². The maximum absolute atomic E-state index is 12.0. The molecule has 19 heavy (non-hydrogen) atoms. The van der Waals surface area contributed by atoms with E-state index in [1.807, 2.05) is 11.9 Å². The number of nitrogens with one attached hydrogen (secondary N) is 1. The molecule has 3 N–H and O–H groups in total. The van der Waals surface area contributed by atoms with E-state index in [2.05, 4.69) is 19.2 Å². The maximum Gasteiger partial charge on any atom is 0.238 e. The van der Waals surface area contributed by atoms with Gasteiger partial charge in [-0.15, -0.1) is 0 Å². The second-order valence-corrected chi connectivity index (χ2v) is 4.68. The molecule has 0 aliphatic rings. The summed E-state index contributed by atoms with van der Waals surface area (Å²) in [5.74, 6) is 0.505. The van der Waals surface area contributed by atoms with Gasteiger partial charge in [-0.2, -0.15) is 0 Å². The summed E-state index contributed by atoms with van der Waals surface area (Å²) in [5, 5.41) is 2.84. The summed E-state index contributed by atoms with van der Waals surface area (Å²) in [4.78, 5) is 14.0. The molecule has 0 heterocycles. The number of amides is 1. The van der Waals surface area contributed by atoms with Crippen molar-refractivity contribution in [3.8, 4) is 5.75 Å². The van der Waals surface area contributed by atoms with Gasteiger partial charge in [0, 0.05) is 17.8 Å². The molecule has 0 aromatic heterocycles. The van der Waals surface area contributed by atoms with Crippen LogP contribution in [0.1, 0.15) is 20.3 Å².